The first-order chi connectivity index (χ1) is 13.4. The molecule has 0 saturated carbocycles. The van der Waals surface area contributed by atoms with E-state index in [0.29, 0.717) is 17.2 Å². The van der Waals surface area contributed by atoms with Gasteiger partial charge in [0, 0.05) is 12.1 Å². The lowest BCUT2D eigenvalue weighted by atomic mass is 10.1. The van der Waals surface area contributed by atoms with Crippen LogP contribution in [0.1, 0.15) is 22.8 Å². The lowest BCUT2D eigenvalue weighted by molar-refractivity contribution is -0.385. The first-order valence-electron chi connectivity index (χ1n) is 8.49. The number of ether oxygens (including phenoxy) is 1. The Kier molecular flexibility index (Phi) is 5.65. The van der Waals surface area contributed by atoms with Crippen molar-refractivity contribution in [3.63, 3.8) is 0 Å². The number of benzene rings is 2. The summed E-state index contributed by atoms with van der Waals surface area (Å²) in [5, 5.41) is 11.7. The van der Waals surface area contributed by atoms with Crippen LogP contribution >= 0.6 is 11.3 Å². The quantitative estimate of drug-likeness (QED) is 0.355. The Balaban J connectivity index is 1.74. The third-order valence-electron chi connectivity index (χ3n) is 4.10. The zero-order valence-electron chi connectivity index (χ0n) is 15.2. The number of nitro benzene ring substituents is 1. The predicted octanol–water partition coefficient (Wildman–Crippen LogP) is 3.72. The van der Waals surface area contributed by atoms with Crippen LogP contribution in [-0.2, 0) is 9.53 Å². The van der Waals surface area contributed by atoms with Gasteiger partial charge in [-0.3, -0.25) is 19.8 Å². The standard InChI is InChI=1S/C19H17N3O5S/c1-3-21(19-20-14-9-4-5-10-15(14)28-19)16(23)11-27-18(24)13-8-6-7-12(2)17(13)22(25)26/h4-10H,3,11H2,1-2H3. The average molecular weight is 399 g/mol. The summed E-state index contributed by atoms with van der Waals surface area (Å²) >= 11 is 1.36. The Labute approximate surface area is 164 Å². The second-order valence-electron chi connectivity index (χ2n) is 5.91. The van der Waals surface area contributed by atoms with E-state index < -0.39 is 23.4 Å². The average Bonchev–Trinajstić information content (AvgIpc) is 3.09. The number of nitro groups is 1. The van der Waals surface area contributed by atoms with Gasteiger partial charge in [0.15, 0.2) is 11.7 Å². The number of aromatic nitrogens is 1. The summed E-state index contributed by atoms with van der Waals surface area (Å²) in [7, 11) is 0. The number of hydrogen-bond donors (Lipinski definition) is 0. The molecule has 0 fully saturated rings. The monoisotopic (exact) mass is 399 g/mol. The van der Waals surface area contributed by atoms with E-state index in [4.69, 9.17) is 4.74 Å². The van der Waals surface area contributed by atoms with Gasteiger partial charge in [0.1, 0.15) is 5.56 Å². The van der Waals surface area contributed by atoms with Gasteiger partial charge in [0.2, 0.25) is 0 Å². The van der Waals surface area contributed by atoms with Crippen LogP contribution < -0.4 is 4.90 Å². The highest BCUT2D eigenvalue weighted by Gasteiger charge is 2.25. The molecule has 3 aromatic rings. The van der Waals surface area contributed by atoms with Crippen LogP contribution in [0.15, 0.2) is 42.5 Å². The Bertz CT molecular complexity index is 1030. The van der Waals surface area contributed by atoms with E-state index in [0.717, 1.165) is 10.2 Å². The molecule has 0 atom stereocenters. The van der Waals surface area contributed by atoms with E-state index in [1.807, 2.05) is 24.3 Å². The fourth-order valence-corrected chi connectivity index (χ4v) is 3.79. The number of fused-ring (bicyclic) bond motifs is 1. The molecule has 0 saturated heterocycles. The smallest absolute Gasteiger partial charge is 0.345 e. The topological polar surface area (TPSA) is 103 Å². The Morgan fingerprint density at radius 3 is 2.64 bits per heavy atom. The maximum atomic E-state index is 12.6. The van der Waals surface area contributed by atoms with Crippen molar-refractivity contribution in [2.45, 2.75) is 13.8 Å². The largest absolute Gasteiger partial charge is 0.452 e. The van der Waals surface area contributed by atoms with Crippen molar-refractivity contribution in [2.24, 2.45) is 0 Å². The van der Waals surface area contributed by atoms with Crippen LogP contribution in [0.4, 0.5) is 10.8 Å². The van der Waals surface area contributed by atoms with Gasteiger partial charge in [-0.25, -0.2) is 9.78 Å². The molecule has 0 aliphatic rings. The van der Waals surface area contributed by atoms with Gasteiger partial charge < -0.3 is 4.74 Å². The van der Waals surface area contributed by atoms with Crippen molar-refractivity contribution in [3.05, 3.63) is 63.7 Å². The molecule has 0 spiro atoms. The minimum Gasteiger partial charge on any atom is -0.452 e. The summed E-state index contributed by atoms with van der Waals surface area (Å²) in [5.41, 5.74) is 0.621. The number of esters is 1. The lowest BCUT2D eigenvalue weighted by Crippen LogP contribution is -2.34. The van der Waals surface area contributed by atoms with Gasteiger partial charge in [0.05, 0.1) is 15.1 Å². The summed E-state index contributed by atoms with van der Waals surface area (Å²) in [4.78, 5) is 41.3. The normalized spacial score (nSPS) is 10.6. The van der Waals surface area contributed by atoms with Crippen LogP contribution in [-0.4, -0.2) is 34.9 Å². The van der Waals surface area contributed by atoms with Crippen molar-refractivity contribution in [2.75, 3.05) is 18.1 Å². The SMILES string of the molecule is CCN(C(=O)COC(=O)c1cccc(C)c1[N+](=O)[O-])c1nc2ccccc2s1. The molecule has 28 heavy (non-hydrogen) atoms. The van der Waals surface area contributed by atoms with Crippen LogP contribution in [0, 0.1) is 17.0 Å². The summed E-state index contributed by atoms with van der Waals surface area (Å²) in [6.45, 7) is 3.14. The number of likely N-dealkylation sites (N-methyl/N-ethyl adjacent to an activating group) is 1. The fourth-order valence-electron chi connectivity index (χ4n) is 2.74. The zero-order chi connectivity index (χ0) is 20.3. The van der Waals surface area contributed by atoms with E-state index in [1.165, 1.54) is 41.4 Å². The van der Waals surface area contributed by atoms with E-state index >= 15 is 0 Å². The number of hydrogen-bond acceptors (Lipinski definition) is 7. The number of para-hydroxylation sites is 2. The highest BCUT2D eigenvalue weighted by atomic mass is 32.1. The molecule has 144 valence electrons. The molecule has 1 aromatic heterocycles. The number of thiazole rings is 1. The van der Waals surface area contributed by atoms with Gasteiger partial charge in [-0.05, 0) is 32.0 Å². The molecule has 9 heteroatoms. The molecule has 0 unspecified atom stereocenters. The Hall–Kier alpha value is -3.33. The van der Waals surface area contributed by atoms with Crippen molar-refractivity contribution < 1.29 is 19.2 Å². The van der Waals surface area contributed by atoms with E-state index in [2.05, 4.69) is 4.98 Å². The summed E-state index contributed by atoms with van der Waals surface area (Å²) in [5.74, 6) is -1.37. The second-order valence-corrected chi connectivity index (χ2v) is 6.92. The molecule has 2 aromatic carbocycles. The maximum absolute atomic E-state index is 12.6. The van der Waals surface area contributed by atoms with E-state index in [1.54, 1.807) is 6.92 Å². The molecule has 1 amide bonds. The molecule has 0 aliphatic carbocycles. The van der Waals surface area contributed by atoms with Crippen LogP contribution in [0.25, 0.3) is 10.2 Å². The van der Waals surface area contributed by atoms with Gasteiger partial charge in [-0.2, -0.15) is 0 Å². The van der Waals surface area contributed by atoms with Crippen molar-refractivity contribution in [1.29, 1.82) is 0 Å². The number of aryl methyl sites for hydroxylation is 1. The molecule has 8 nitrogen and oxygen atoms in total. The highest BCUT2D eigenvalue weighted by molar-refractivity contribution is 7.22. The van der Waals surface area contributed by atoms with Gasteiger partial charge in [0.25, 0.3) is 11.6 Å². The van der Waals surface area contributed by atoms with Crippen molar-refractivity contribution >= 4 is 44.2 Å². The zero-order valence-corrected chi connectivity index (χ0v) is 16.1. The Morgan fingerprint density at radius 2 is 1.96 bits per heavy atom. The summed E-state index contributed by atoms with van der Waals surface area (Å²) < 4.78 is 6.00. The van der Waals surface area contributed by atoms with Gasteiger partial charge >= 0.3 is 5.97 Å². The number of nitrogens with zero attached hydrogens (tertiary/aromatic N) is 3. The molecule has 0 radical (unpaired) electrons. The number of anilines is 1. The third kappa shape index (κ3) is 3.84. The highest BCUT2D eigenvalue weighted by Crippen LogP contribution is 2.29. The van der Waals surface area contributed by atoms with Gasteiger partial charge in [-0.15, -0.1) is 0 Å². The van der Waals surface area contributed by atoms with E-state index in [9.17, 15) is 19.7 Å². The molecule has 0 N–H and O–H groups in total. The number of carbonyl (C=O) groups excluding carboxylic acids is 2. The van der Waals surface area contributed by atoms with Crippen LogP contribution in [0.5, 0.6) is 0 Å². The molecule has 0 aliphatic heterocycles. The molecule has 0 bridgehead atoms. The van der Waals surface area contributed by atoms with Crippen LogP contribution in [0.3, 0.4) is 0 Å². The minimum absolute atomic E-state index is 0.180. The minimum atomic E-state index is -0.913. The second kappa shape index (κ2) is 8.13. The molecule has 1 heterocycles. The number of amides is 1. The first kappa shape index (κ1) is 19.4. The van der Waals surface area contributed by atoms with E-state index in [-0.39, 0.29) is 11.3 Å². The summed E-state index contributed by atoms with van der Waals surface area (Å²) in [6.07, 6.45) is 0. The number of carbonyl (C=O) groups is 2. The number of rotatable bonds is 6. The summed E-state index contributed by atoms with van der Waals surface area (Å²) in [6, 6.07) is 11.9. The molecule has 3 rings (SSSR count). The predicted molar refractivity (Wildman–Crippen MR) is 106 cm³/mol. The fraction of sp³-hybridized carbons (Fsp3) is 0.211. The maximum Gasteiger partial charge on any atom is 0.345 e. The third-order valence-corrected chi connectivity index (χ3v) is 5.16. The van der Waals surface area contributed by atoms with Gasteiger partial charge in [-0.1, -0.05) is 35.6 Å². The van der Waals surface area contributed by atoms with Crippen molar-refractivity contribution in [3.8, 4) is 0 Å². The van der Waals surface area contributed by atoms with Crippen molar-refractivity contribution in [1.82, 2.24) is 4.98 Å². The molecular formula is C19H17N3O5S. The lowest BCUT2D eigenvalue weighted by Gasteiger charge is -2.17. The van der Waals surface area contributed by atoms with Crippen LogP contribution in [0.2, 0.25) is 0 Å². The molecular weight excluding hydrogens is 382 g/mol. The first-order valence-corrected chi connectivity index (χ1v) is 9.31. The Morgan fingerprint density at radius 1 is 1.21 bits per heavy atom.